The number of hydrogen-bond donors (Lipinski definition) is 0. The minimum absolute atomic E-state index is 0.0695. The van der Waals surface area contributed by atoms with Gasteiger partial charge in [-0.3, -0.25) is 9.10 Å². The monoisotopic (exact) mass is 420 g/mol. The molecule has 0 bridgehead atoms. The topological polar surface area (TPSA) is 57.7 Å². The van der Waals surface area contributed by atoms with Crippen molar-refractivity contribution in [1.82, 2.24) is 0 Å². The lowest BCUT2D eigenvalue weighted by Crippen LogP contribution is -2.36. The van der Waals surface area contributed by atoms with E-state index < -0.39 is 10.0 Å². The molecule has 30 heavy (non-hydrogen) atoms. The van der Waals surface area contributed by atoms with E-state index in [1.807, 2.05) is 37.3 Å². The Morgan fingerprint density at radius 1 is 0.933 bits per heavy atom. The van der Waals surface area contributed by atoms with E-state index in [1.54, 1.807) is 53.4 Å². The van der Waals surface area contributed by atoms with Gasteiger partial charge in [0, 0.05) is 25.2 Å². The number of aryl methyl sites for hydroxylation is 1. The van der Waals surface area contributed by atoms with Crippen LogP contribution < -0.4 is 9.21 Å². The first-order chi connectivity index (χ1) is 14.5. The maximum absolute atomic E-state index is 13.4. The fourth-order valence-electron chi connectivity index (χ4n) is 3.75. The Balaban J connectivity index is 1.59. The molecule has 0 unspecified atom stereocenters. The highest BCUT2D eigenvalue weighted by Crippen LogP contribution is 2.29. The number of sulfonamides is 1. The molecule has 3 aromatic rings. The van der Waals surface area contributed by atoms with E-state index in [0.29, 0.717) is 12.2 Å². The second kappa shape index (κ2) is 8.32. The van der Waals surface area contributed by atoms with Gasteiger partial charge in [-0.2, -0.15) is 0 Å². The highest BCUT2D eigenvalue weighted by atomic mass is 32.2. The van der Waals surface area contributed by atoms with Crippen molar-refractivity contribution in [2.45, 2.75) is 24.7 Å². The van der Waals surface area contributed by atoms with Crippen LogP contribution in [0.3, 0.4) is 0 Å². The van der Waals surface area contributed by atoms with Crippen LogP contribution >= 0.6 is 0 Å². The molecule has 0 radical (unpaired) electrons. The van der Waals surface area contributed by atoms with Crippen molar-refractivity contribution in [3.8, 4) is 0 Å². The van der Waals surface area contributed by atoms with Gasteiger partial charge in [0.25, 0.3) is 10.0 Å². The highest BCUT2D eigenvalue weighted by molar-refractivity contribution is 7.92. The van der Waals surface area contributed by atoms with E-state index in [0.717, 1.165) is 23.2 Å². The summed E-state index contributed by atoms with van der Waals surface area (Å²) in [6, 6.07) is 23.6. The number of fused-ring (bicyclic) bond motifs is 1. The van der Waals surface area contributed by atoms with Gasteiger partial charge in [0.1, 0.15) is 0 Å². The molecular weight excluding hydrogens is 396 g/mol. The number of rotatable bonds is 6. The normalized spacial score (nSPS) is 13.2. The smallest absolute Gasteiger partial charge is 0.264 e. The van der Waals surface area contributed by atoms with E-state index >= 15 is 0 Å². The summed E-state index contributed by atoms with van der Waals surface area (Å²) >= 11 is 0. The Hall–Kier alpha value is -3.12. The lowest BCUT2D eigenvalue weighted by molar-refractivity contribution is -0.118. The number of carbonyl (C=O) groups is 1. The Morgan fingerprint density at radius 2 is 1.60 bits per heavy atom. The van der Waals surface area contributed by atoms with Gasteiger partial charge in [-0.05, 0) is 49.2 Å². The quantitative estimate of drug-likeness (QED) is 0.601. The molecule has 0 saturated carbocycles. The number of carbonyl (C=O) groups excluding carboxylic acids is 1. The van der Waals surface area contributed by atoms with Crippen molar-refractivity contribution < 1.29 is 13.2 Å². The van der Waals surface area contributed by atoms with Crippen molar-refractivity contribution in [3.63, 3.8) is 0 Å². The summed E-state index contributed by atoms with van der Waals surface area (Å²) in [5, 5.41) is 0. The zero-order valence-corrected chi connectivity index (χ0v) is 17.7. The molecule has 154 valence electrons. The third-order valence-electron chi connectivity index (χ3n) is 5.37. The van der Waals surface area contributed by atoms with Gasteiger partial charge in [-0.25, -0.2) is 8.42 Å². The van der Waals surface area contributed by atoms with Gasteiger partial charge in [0.2, 0.25) is 5.91 Å². The van der Waals surface area contributed by atoms with Crippen LogP contribution in [0.2, 0.25) is 0 Å². The molecule has 6 heteroatoms. The number of anilines is 2. The second-order valence-electron chi connectivity index (χ2n) is 7.40. The minimum Gasteiger partial charge on any atom is -0.312 e. The first-order valence-electron chi connectivity index (χ1n) is 9.99. The summed E-state index contributed by atoms with van der Waals surface area (Å²) in [7, 11) is -3.79. The number of nitrogens with zero attached hydrogens (tertiary/aromatic N) is 2. The number of hydrogen-bond acceptors (Lipinski definition) is 3. The zero-order chi connectivity index (χ0) is 21.1. The Bertz CT molecular complexity index is 1140. The minimum atomic E-state index is -3.79. The molecule has 0 aromatic heterocycles. The summed E-state index contributed by atoms with van der Waals surface area (Å²) in [5.41, 5.74) is 3.61. The van der Waals surface area contributed by atoms with Gasteiger partial charge in [0.05, 0.1) is 10.6 Å². The van der Waals surface area contributed by atoms with Crippen molar-refractivity contribution >= 4 is 27.3 Å². The fraction of sp³-hybridized carbons (Fsp3) is 0.208. The summed E-state index contributed by atoms with van der Waals surface area (Å²) in [6.07, 6.45) is 0.931. The van der Waals surface area contributed by atoms with Crippen molar-refractivity contribution in [2.75, 3.05) is 22.3 Å². The second-order valence-corrected chi connectivity index (χ2v) is 9.26. The van der Waals surface area contributed by atoms with Gasteiger partial charge in [0.15, 0.2) is 0 Å². The molecule has 0 spiro atoms. The third kappa shape index (κ3) is 3.96. The zero-order valence-electron chi connectivity index (χ0n) is 16.9. The largest absolute Gasteiger partial charge is 0.312 e. The van der Waals surface area contributed by atoms with Gasteiger partial charge < -0.3 is 4.90 Å². The maximum atomic E-state index is 13.4. The molecule has 0 fully saturated rings. The van der Waals surface area contributed by atoms with E-state index in [-0.39, 0.29) is 23.8 Å². The van der Waals surface area contributed by atoms with Gasteiger partial charge in [-0.15, -0.1) is 0 Å². The molecule has 1 aliphatic rings. The van der Waals surface area contributed by atoms with Gasteiger partial charge >= 0.3 is 0 Å². The molecule has 4 rings (SSSR count). The third-order valence-corrected chi connectivity index (χ3v) is 7.21. The van der Waals surface area contributed by atoms with E-state index in [1.165, 1.54) is 4.31 Å². The predicted molar refractivity (Wildman–Crippen MR) is 119 cm³/mol. The lowest BCUT2D eigenvalue weighted by Gasteiger charge is -2.26. The molecule has 0 saturated heterocycles. The lowest BCUT2D eigenvalue weighted by atomic mass is 10.2. The van der Waals surface area contributed by atoms with Crippen LogP contribution in [0.5, 0.6) is 0 Å². The van der Waals surface area contributed by atoms with Crippen LogP contribution in [-0.4, -0.2) is 27.4 Å². The Kier molecular flexibility index (Phi) is 5.59. The Morgan fingerprint density at radius 3 is 2.33 bits per heavy atom. The number of para-hydroxylation sites is 2. The molecule has 1 amide bonds. The Labute approximate surface area is 177 Å². The summed E-state index contributed by atoms with van der Waals surface area (Å²) in [5.74, 6) is -0.0695. The fourth-order valence-corrected chi connectivity index (χ4v) is 5.21. The van der Waals surface area contributed by atoms with E-state index in [4.69, 9.17) is 0 Å². The van der Waals surface area contributed by atoms with Crippen molar-refractivity contribution in [1.29, 1.82) is 0 Å². The molecule has 0 N–H and O–H groups in total. The maximum Gasteiger partial charge on any atom is 0.264 e. The van der Waals surface area contributed by atoms with Crippen LogP contribution in [-0.2, 0) is 21.2 Å². The number of amides is 1. The van der Waals surface area contributed by atoms with Crippen molar-refractivity contribution in [3.05, 3.63) is 90.0 Å². The average molecular weight is 421 g/mol. The van der Waals surface area contributed by atoms with Crippen LogP contribution in [0.15, 0.2) is 83.8 Å². The van der Waals surface area contributed by atoms with Crippen LogP contribution in [0.4, 0.5) is 11.4 Å². The molecule has 3 aromatic carbocycles. The first-order valence-corrected chi connectivity index (χ1v) is 11.4. The summed E-state index contributed by atoms with van der Waals surface area (Å²) in [6.45, 7) is 2.63. The molecular formula is C24H24N2O3S. The highest BCUT2D eigenvalue weighted by Gasteiger charge is 2.28. The molecule has 0 atom stereocenters. The molecule has 1 aliphatic heterocycles. The molecule has 1 heterocycles. The molecule has 0 aliphatic carbocycles. The predicted octanol–water partition coefficient (Wildman–Crippen LogP) is 4.17. The molecule has 5 nitrogen and oxygen atoms in total. The van der Waals surface area contributed by atoms with Crippen LogP contribution in [0, 0.1) is 6.92 Å². The number of benzene rings is 3. The van der Waals surface area contributed by atoms with Crippen LogP contribution in [0.25, 0.3) is 0 Å². The van der Waals surface area contributed by atoms with Crippen molar-refractivity contribution in [2.24, 2.45) is 0 Å². The van der Waals surface area contributed by atoms with E-state index in [2.05, 4.69) is 0 Å². The summed E-state index contributed by atoms with van der Waals surface area (Å²) < 4.78 is 28.1. The van der Waals surface area contributed by atoms with E-state index in [9.17, 15) is 13.2 Å². The standard InChI is InChI=1S/C24H24N2O3S/c1-19-11-13-22(14-12-19)30(28,29)26(21-8-3-2-4-9-21)18-16-24(27)25-17-15-20-7-5-6-10-23(20)25/h2-14H,15-18H2,1H3. The first kappa shape index (κ1) is 20.2. The van der Waals surface area contributed by atoms with Gasteiger partial charge in [-0.1, -0.05) is 54.1 Å². The average Bonchev–Trinajstić information content (AvgIpc) is 3.19. The summed E-state index contributed by atoms with van der Waals surface area (Å²) in [4.78, 5) is 14.9. The van der Waals surface area contributed by atoms with Crippen LogP contribution in [0.1, 0.15) is 17.5 Å². The SMILES string of the molecule is Cc1ccc(S(=O)(=O)N(CCC(=O)N2CCc3ccccc32)c2ccccc2)cc1.